The molecule has 0 aliphatic carbocycles. The van der Waals surface area contributed by atoms with E-state index in [9.17, 15) is 0 Å². The summed E-state index contributed by atoms with van der Waals surface area (Å²) in [5.41, 5.74) is 5.84. The van der Waals surface area contributed by atoms with Crippen LogP contribution in [0.5, 0.6) is 0 Å². The fourth-order valence-electron chi connectivity index (χ4n) is 2.01. The van der Waals surface area contributed by atoms with Crippen molar-refractivity contribution in [1.29, 1.82) is 0 Å². The minimum Gasteiger partial charge on any atom is -0.329 e. The van der Waals surface area contributed by atoms with Crippen LogP contribution in [0.4, 0.5) is 0 Å². The Kier molecular flexibility index (Phi) is 3.60. The summed E-state index contributed by atoms with van der Waals surface area (Å²) >= 11 is 5.30. The number of thiophene rings is 1. The van der Waals surface area contributed by atoms with E-state index in [1.807, 2.05) is 0 Å². The highest BCUT2D eigenvalue weighted by molar-refractivity contribution is 9.11. The summed E-state index contributed by atoms with van der Waals surface area (Å²) in [6.45, 7) is 3.14. The van der Waals surface area contributed by atoms with E-state index in [1.165, 1.54) is 34.6 Å². The van der Waals surface area contributed by atoms with E-state index in [0.717, 1.165) is 6.54 Å². The summed E-state index contributed by atoms with van der Waals surface area (Å²) in [4.78, 5) is 3.89. The van der Waals surface area contributed by atoms with Gasteiger partial charge >= 0.3 is 0 Å². The SMILES string of the molecule is NCC(c1ccc(Br)s1)N1CCCC1. The molecular weight excluding hydrogens is 260 g/mol. The lowest BCUT2D eigenvalue weighted by molar-refractivity contribution is 0.255. The molecule has 1 aliphatic rings. The topological polar surface area (TPSA) is 29.3 Å². The van der Waals surface area contributed by atoms with Crippen molar-refractivity contribution in [2.75, 3.05) is 19.6 Å². The van der Waals surface area contributed by atoms with Gasteiger partial charge in [-0.1, -0.05) is 0 Å². The first-order valence-corrected chi connectivity index (χ1v) is 6.61. The van der Waals surface area contributed by atoms with E-state index in [0.29, 0.717) is 6.04 Å². The number of likely N-dealkylation sites (tertiary alicyclic amines) is 1. The third-order valence-corrected chi connectivity index (χ3v) is 4.45. The molecule has 1 saturated heterocycles. The van der Waals surface area contributed by atoms with E-state index in [2.05, 4.69) is 33.0 Å². The number of nitrogens with two attached hydrogens (primary N) is 1. The number of nitrogens with zero attached hydrogens (tertiary/aromatic N) is 1. The van der Waals surface area contributed by atoms with Crippen molar-refractivity contribution in [3.63, 3.8) is 0 Å². The molecule has 2 heterocycles. The molecule has 1 aromatic rings. The van der Waals surface area contributed by atoms with Gasteiger partial charge in [-0.3, -0.25) is 4.90 Å². The first-order chi connectivity index (χ1) is 6.81. The van der Waals surface area contributed by atoms with Crippen LogP contribution in [0.2, 0.25) is 0 Å². The second kappa shape index (κ2) is 4.75. The van der Waals surface area contributed by atoms with Gasteiger partial charge in [-0.15, -0.1) is 11.3 Å². The molecule has 0 saturated carbocycles. The van der Waals surface area contributed by atoms with Crippen LogP contribution in [0, 0.1) is 0 Å². The van der Waals surface area contributed by atoms with Gasteiger partial charge in [0.15, 0.2) is 0 Å². The number of rotatable bonds is 3. The lowest BCUT2D eigenvalue weighted by Gasteiger charge is -2.24. The van der Waals surface area contributed by atoms with Crippen LogP contribution in [0.3, 0.4) is 0 Å². The molecule has 1 aliphatic heterocycles. The molecule has 78 valence electrons. The first-order valence-electron chi connectivity index (χ1n) is 5.00. The van der Waals surface area contributed by atoms with Crippen molar-refractivity contribution in [1.82, 2.24) is 4.90 Å². The zero-order chi connectivity index (χ0) is 9.97. The average molecular weight is 275 g/mol. The highest BCUT2D eigenvalue weighted by Gasteiger charge is 2.23. The summed E-state index contributed by atoms with van der Waals surface area (Å²) in [7, 11) is 0. The Bertz CT molecular complexity index is 294. The minimum absolute atomic E-state index is 0.439. The third-order valence-electron chi connectivity index (χ3n) is 2.73. The van der Waals surface area contributed by atoms with Crippen molar-refractivity contribution in [3.05, 3.63) is 20.8 Å². The van der Waals surface area contributed by atoms with Crippen LogP contribution >= 0.6 is 27.3 Å². The molecule has 0 radical (unpaired) electrons. The number of halogens is 1. The molecule has 1 atom stereocenters. The molecule has 2 nitrogen and oxygen atoms in total. The molecule has 2 N–H and O–H groups in total. The van der Waals surface area contributed by atoms with E-state index in [1.54, 1.807) is 11.3 Å². The second-order valence-corrected chi connectivity index (χ2v) is 6.13. The van der Waals surface area contributed by atoms with Gasteiger partial charge < -0.3 is 5.73 Å². The van der Waals surface area contributed by atoms with Crippen LogP contribution < -0.4 is 5.73 Å². The maximum Gasteiger partial charge on any atom is 0.0702 e. The smallest absolute Gasteiger partial charge is 0.0702 e. The van der Waals surface area contributed by atoms with E-state index in [4.69, 9.17) is 5.73 Å². The predicted molar refractivity (Wildman–Crippen MR) is 64.6 cm³/mol. The Morgan fingerprint density at radius 2 is 2.14 bits per heavy atom. The number of hydrogen-bond donors (Lipinski definition) is 1. The van der Waals surface area contributed by atoms with E-state index < -0.39 is 0 Å². The number of hydrogen-bond acceptors (Lipinski definition) is 3. The molecule has 1 fully saturated rings. The Labute approximate surface area is 97.2 Å². The van der Waals surface area contributed by atoms with Gasteiger partial charge in [-0.05, 0) is 54.0 Å². The van der Waals surface area contributed by atoms with Gasteiger partial charge in [0, 0.05) is 11.4 Å². The fraction of sp³-hybridized carbons (Fsp3) is 0.600. The standard InChI is InChI=1S/C10H15BrN2S/c11-10-4-3-9(14-10)8(7-12)13-5-1-2-6-13/h3-4,8H,1-2,5-7,12H2. The maximum atomic E-state index is 5.84. The van der Waals surface area contributed by atoms with Crippen LogP contribution in [-0.2, 0) is 0 Å². The lowest BCUT2D eigenvalue weighted by Crippen LogP contribution is -2.30. The third kappa shape index (κ3) is 2.19. The summed E-state index contributed by atoms with van der Waals surface area (Å²) in [5, 5.41) is 0. The van der Waals surface area contributed by atoms with Gasteiger partial charge in [-0.2, -0.15) is 0 Å². The van der Waals surface area contributed by atoms with E-state index in [-0.39, 0.29) is 0 Å². The lowest BCUT2D eigenvalue weighted by atomic mass is 10.2. The van der Waals surface area contributed by atoms with Gasteiger partial charge in [0.25, 0.3) is 0 Å². The Hall–Kier alpha value is 0.1000. The summed E-state index contributed by atoms with van der Waals surface area (Å²) in [6.07, 6.45) is 2.64. The van der Waals surface area contributed by atoms with Crippen molar-refractivity contribution < 1.29 is 0 Å². The molecule has 1 unspecified atom stereocenters. The quantitative estimate of drug-likeness (QED) is 0.918. The molecule has 1 aromatic heterocycles. The van der Waals surface area contributed by atoms with Crippen LogP contribution in [-0.4, -0.2) is 24.5 Å². The molecule has 0 amide bonds. The summed E-state index contributed by atoms with van der Waals surface area (Å²) in [5.74, 6) is 0. The highest BCUT2D eigenvalue weighted by Crippen LogP contribution is 2.31. The maximum absolute atomic E-state index is 5.84. The van der Waals surface area contributed by atoms with Gasteiger partial charge in [0.05, 0.1) is 9.83 Å². The monoisotopic (exact) mass is 274 g/mol. The average Bonchev–Trinajstić information content (AvgIpc) is 2.79. The van der Waals surface area contributed by atoms with Crippen molar-refractivity contribution >= 4 is 27.3 Å². The molecule has 0 aromatic carbocycles. The van der Waals surface area contributed by atoms with Gasteiger partial charge in [-0.25, -0.2) is 0 Å². The van der Waals surface area contributed by atoms with Crippen molar-refractivity contribution in [2.24, 2.45) is 5.73 Å². The largest absolute Gasteiger partial charge is 0.329 e. The van der Waals surface area contributed by atoms with Crippen molar-refractivity contribution in [3.8, 4) is 0 Å². The van der Waals surface area contributed by atoms with Crippen LogP contribution in [0.1, 0.15) is 23.8 Å². The molecule has 0 bridgehead atoms. The van der Waals surface area contributed by atoms with Crippen LogP contribution in [0.15, 0.2) is 15.9 Å². The molecule has 0 spiro atoms. The summed E-state index contributed by atoms with van der Waals surface area (Å²) < 4.78 is 1.20. The second-order valence-electron chi connectivity index (χ2n) is 3.64. The minimum atomic E-state index is 0.439. The molecule has 4 heteroatoms. The normalized spacial score (nSPS) is 20.1. The zero-order valence-corrected chi connectivity index (χ0v) is 10.5. The molecule has 14 heavy (non-hydrogen) atoms. The molecular formula is C10H15BrN2S. The Morgan fingerprint density at radius 3 is 2.64 bits per heavy atom. The fourth-order valence-corrected chi connectivity index (χ4v) is 3.58. The summed E-state index contributed by atoms with van der Waals surface area (Å²) in [6, 6.07) is 4.73. The van der Waals surface area contributed by atoms with Crippen LogP contribution in [0.25, 0.3) is 0 Å². The Balaban J connectivity index is 2.12. The predicted octanol–water partition coefficient (Wildman–Crippen LogP) is 2.61. The Morgan fingerprint density at radius 1 is 1.43 bits per heavy atom. The first kappa shape index (κ1) is 10.6. The van der Waals surface area contributed by atoms with Gasteiger partial charge in [0.2, 0.25) is 0 Å². The van der Waals surface area contributed by atoms with E-state index >= 15 is 0 Å². The highest BCUT2D eigenvalue weighted by atomic mass is 79.9. The zero-order valence-electron chi connectivity index (χ0n) is 8.08. The van der Waals surface area contributed by atoms with Crippen molar-refractivity contribution in [2.45, 2.75) is 18.9 Å². The van der Waals surface area contributed by atoms with Gasteiger partial charge in [0.1, 0.15) is 0 Å². The molecule has 2 rings (SSSR count).